The molecule has 122 valence electrons. The lowest BCUT2D eigenvalue weighted by molar-refractivity contribution is 0.297. The largest absolute Gasteiger partial charge is 0.409 e. The zero-order chi connectivity index (χ0) is 16.2. The number of nitrogens with zero attached hydrogens (tertiary/aromatic N) is 3. The van der Waals surface area contributed by atoms with Gasteiger partial charge in [0.15, 0.2) is 10.7 Å². The summed E-state index contributed by atoms with van der Waals surface area (Å²) in [6, 6.07) is 4.34. The zero-order valence-corrected chi connectivity index (χ0v) is 14.2. The van der Waals surface area contributed by atoms with Gasteiger partial charge < -0.3 is 15.8 Å². The highest BCUT2D eigenvalue weighted by molar-refractivity contribution is 9.10. The highest BCUT2D eigenvalue weighted by Crippen LogP contribution is 2.28. The molecule has 7 nitrogen and oxygen atoms in total. The maximum Gasteiger partial charge on any atom is 0.202 e. The van der Waals surface area contributed by atoms with E-state index in [1.807, 2.05) is 0 Å². The SMILES string of the molecule is O/N=C(/Nc1ccc(F)c(Br)c1)c1nonc1SC1CCNC1. The van der Waals surface area contributed by atoms with E-state index in [9.17, 15) is 9.60 Å². The monoisotopic (exact) mass is 401 g/mol. The standard InChI is InChI=1S/C13H13BrFN5O2S/c14-9-5-7(1-2-10(9)15)17-12(18-21)11-13(20-22-19-11)23-8-3-4-16-6-8/h1-2,5,8,16,21H,3-4,6H2,(H,17,18). The third kappa shape index (κ3) is 3.82. The molecule has 1 atom stereocenters. The molecule has 0 spiro atoms. The maximum absolute atomic E-state index is 13.3. The molecule has 0 bridgehead atoms. The Labute approximate surface area is 143 Å². The number of hydrogen-bond acceptors (Lipinski definition) is 7. The Morgan fingerprint density at radius 2 is 2.39 bits per heavy atom. The van der Waals surface area contributed by atoms with E-state index < -0.39 is 0 Å². The second-order valence-electron chi connectivity index (χ2n) is 4.85. The molecular weight excluding hydrogens is 389 g/mol. The van der Waals surface area contributed by atoms with E-state index in [1.165, 1.54) is 30.0 Å². The van der Waals surface area contributed by atoms with Gasteiger partial charge in [0.25, 0.3) is 0 Å². The number of benzene rings is 1. The van der Waals surface area contributed by atoms with E-state index in [2.05, 4.69) is 42.0 Å². The molecule has 0 amide bonds. The van der Waals surface area contributed by atoms with Crippen LogP contribution in [0.4, 0.5) is 10.1 Å². The molecule has 2 aromatic rings. The number of amidine groups is 1. The van der Waals surface area contributed by atoms with Crippen molar-refractivity contribution in [2.45, 2.75) is 16.7 Å². The van der Waals surface area contributed by atoms with E-state index in [4.69, 9.17) is 4.63 Å². The van der Waals surface area contributed by atoms with Crippen LogP contribution in [0.25, 0.3) is 0 Å². The normalized spacial score (nSPS) is 18.3. The van der Waals surface area contributed by atoms with Crippen molar-refractivity contribution in [3.8, 4) is 0 Å². The van der Waals surface area contributed by atoms with Gasteiger partial charge in [0.2, 0.25) is 5.84 Å². The molecule has 23 heavy (non-hydrogen) atoms. The van der Waals surface area contributed by atoms with Crippen LogP contribution in [0.2, 0.25) is 0 Å². The summed E-state index contributed by atoms with van der Waals surface area (Å²) in [5.41, 5.74) is 0.845. The Balaban J connectivity index is 1.78. The number of thioether (sulfide) groups is 1. The number of nitrogens with one attached hydrogen (secondary N) is 2. The smallest absolute Gasteiger partial charge is 0.202 e. The van der Waals surface area contributed by atoms with E-state index in [0.29, 0.717) is 26.1 Å². The molecule has 2 heterocycles. The summed E-state index contributed by atoms with van der Waals surface area (Å²) < 4.78 is 18.4. The maximum atomic E-state index is 13.3. The van der Waals surface area contributed by atoms with Crippen LogP contribution in [0.15, 0.2) is 37.5 Å². The van der Waals surface area contributed by atoms with Crippen molar-refractivity contribution in [1.82, 2.24) is 15.6 Å². The first-order valence-electron chi connectivity index (χ1n) is 6.82. The van der Waals surface area contributed by atoms with Crippen LogP contribution in [0.5, 0.6) is 0 Å². The van der Waals surface area contributed by atoms with Crippen LogP contribution in [0.3, 0.4) is 0 Å². The van der Waals surface area contributed by atoms with Gasteiger partial charge >= 0.3 is 0 Å². The molecule has 3 rings (SSSR count). The zero-order valence-electron chi connectivity index (χ0n) is 11.8. The van der Waals surface area contributed by atoms with E-state index >= 15 is 0 Å². The second kappa shape index (κ2) is 7.28. The summed E-state index contributed by atoms with van der Waals surface area (Å²) in [7, 11) is 0. The fourth-order valence-corrected chi connectivity index (χ4v) is 3.58. The van der Waals surface area contributed by atoms with Crippen molar-refractivity contribution >= 4 is 39.2 Å². The van der Waals surface area contributed by atoms with Gasteiger partial charge in [-0.15, -0.1) is 0 Å². The molecule has 0 saturated carbocycles. The number of oxime groups is 1. The highest BCUT2D eigenvalue weighted by Gasteiger charge is 2.23. The van der Waals surface area contributed by atoms with Gasteiger partial charge in [0, 0.05) is 17.5 Å². The molecule has 1 aromatic heterocycles. The van der Waals surface area contributed by atoms with Crippen molar-refractivity contribution in [2.24, 2.45) is 5.16 Å². The Morgan fingerprint density at radius 3 is 3.09 bits per heavy atom. The lowest BCUT2D eigenvalue weighted by atomic mass is 10.3. The summed E-state index contributed by atoms with van der Waals surface area (Å²) in [5, 5.41) is 27.2. The fourth-order valence-electron chi connectivity index (χ4n) is 2.13. The minimum atomic E-state index is -0.383. The Morgan fingerprint density at radius 1 is 1.52 bits per heavy atom. The summed E-state index contributed by atoms with van der Waals surface area (Å²) >= 11 is 4.62. The van der Waals surface area contributed by atoms with Gasteiger partial charge in [-0.2, -0.15) is 0 Å². The first kappa shape index (κ1) is 16.2. The predicted octanol–water partition coefficient (Wildman–Crippen LogP) is 2.67. The van der Waals surface area contributed by atoms with Crippen molar-refractivity contribution < 1.29 is 14.2 Å². The third-order valence-corrected chi connectivity index (χ3v) is 5.09. The molecule has 3 N–H and O–H groups in total. The Bertz CT molecular complexity index is 720. The van der Waals surface area contributed by atoms with Crippen molar-refractivity contribution in [1.29, 1.82) is 0 Å². The minimum Gasteiger partial charge on any atom is -0.409 e. The van der Waals surface area contributed by atoms with E-state index in [-0.39, 0.29) is 11.7 Å². The van der Waals surface area contributed by atoms with E-state index in [1.54, 1.807) is 0 Å². The molecule has 1 aromatic carbocycles. The fraction of sp³-hybridized carbons (Fsp3) is 0.308. The van der Waals surface area contributed by atoms with Crippen LogP contribution in [-0.2, 0) is 0 Å². The van der Waals surface area contributed by atoms with Gasteiger partial charge in [-0.05, 0) is 57.4 Å². The summed E-state index contributed by atoms with van der Waals surface area (Å²) in [5.74, 6) is -0.302. The van der Waals surface area contributed by atoms with Crippen molar-refractivity contribution in [3.05, 3.63) is 34.2 Å². The average molecular weight is 402 g/mol. The molecule has 1 aliphatic rings. The average Bonchev–Trinajstić information content (AvgIpc) is 3.21. The lowest BCUT2D eigenvalue weighted by Crippen LogP contribution is -2.16. The van der Waals surface area contributed by atoms with Gasteiger partial charge in [0.1, 0.15) is 5.82 Å². The van der Waals surface area contributed by atoms with Crippen LogP contribution in [0.1, 0.15) is 12.1 Å². The molecule has 0 radical (unpaired) electrons. The quantitative estimate of drug-likeness (QED) is 0.313. The molecule has 1 saturated heterocycles. The van der Waals surface area contributed by atoms with Gasteiger partial charge in [0.05, 0.1) is 4.47 Å². The molecular formula is C13H13BrFN5O2S. The van der Waals surface area contributed by atoms with Crippen LogP contribution in [0, 0.1) is 5.82 Å². The molecule has 1 unspecified atom stereocenters. The number of rotatable bonds is 4. The number of anilines is 1. The van der Waals surface area contributed by atoms with Gasteiger partial charge in [-0.25, -0.2) is 9.02 Å². The van der Waals surface area contributed by atoms with Crippen LogP contribution >= 0.6 is 27.7 Å². The topological polar surface area (TPSA) is 95.6 Å². The molecule has 1 fully saturated rings. The lowest BCUT2D eigenvalue weighted by Gasteiger charge is -2.09. The Kier molecular flexibility index (Phi) is 5.13. The number of hydrogen-bond donors (Lipinski definition) is 3. The Hall–Kier alpha value is -1.65. The predicted molar refractivity (Wildman–Crippen MR) is 87.5 cm³/mol. The van der Waals surface area contributed by atoms with E-state index in [0.717, 1.165) is 19.5 Å². The number of halogens is 2. The van der Waals surface area contributed by atoms with Crippen molar-refractivity contribution in [2.75, 3.05) is 18.4 Å². The second-order valence-corrected chi connectivity index (χ2v) is 7.00. The first-order valence-corrected chi connectivity index (χ1v) is 8.49. The first-order chi connectivity index (χ1) is 11.2. The highest BCUT2D eigenvalue weighted by atomic mass is 79.9. The van der Waals surface area contributed by atoms with Crippen LogP contribution in [-0.4, -0.2) is 39.7 Å². The third-order valence-electron chi connectivity index (χ3n) is 3.26. The summed E-state index contributed by atoms with van der Waals surface area (Å²) in [6.45, 7) is 1.84. The summed E-state index contributed by atoms with van der Waals surface area (Å²) in [4.78, 5) is 0. The van der Waals surface area contributed by atoms with Gasteiger partial charge in [-0.3, -0.25) is 0 Å². The molecule has 1 aliphatic heterocycles. The summed E-state index contributed by atoms with van der Waals surface area (Å²) in [6.07, 6.45) is 1.01. The number of aromatic nitrogens is 2. The molecule has 0 aliphatic carbocycles. The molecule has 10 heteroatoms. The minimum absolute atomic E-state index is 0.0817. The van der Waals surface area contributed by atoms with Gasteiger partial charge in [-0.1, -0.05) is 16.9 Å². The van der Waals surface area contributed by atoms with Crippen molar-refractivity contribution in [3.63, 3.8) is 0 Å². The van der Waals surface area contributed by atoms with Crippen LogP contribution < -0.4 is 10.6 Å².